The van der Waals surface area contributed by atoms with E-state index in [4.69, 9.17) is 9.47 Å². The molecular weight excluding hydrogens is 304 g/mol. The molecule has 1 heterocycles. The summed E-state index contributed by atoms with van der Waals surface area (Å²) in [5.74, 6) is 1.80. The molecule has 0 spiro atoms. The van der Waals surface area contributed by atoms with E-state index in [1.165, 1.54) is 0 Å². The first-order valence-corrected chi connectivity index (χ1v) is 8.43. The number of hydrogen-bond acceptors (Lipinski definition) is 4. The normalized spacial score (nSPS) is 18.0. The molecule has 5 heteroatoms. The molecule has 1 unspecified atom stereocenters. The van der Waals surface area contributed by atoms with Crippen LogP contribution in [-0.4, -0.2) is 63.2 Å². The molecule has 1 aromatic carbocycles. The van der Waals surface area contributed by atoms with Crippen LogP contribution in [0.3, 0.4) is 0 Å². The van der Waals surface area contributed by atoms with Crippen molar-refractivity contribution in [1.82, 2.24) is 9.80 Å². The van der Waals surface area contributed by atoms with Gasteiger partial charge >= 0.3 is 0 Å². The molecule has 1 aliphatic rings. The Hall–Kier alpha value is -2.01. The number of rotatable bonds is 6. The summed E-state index contributed by atoms with van der Waals surface area (Å²) in [4.78, 5) is 16.8. The van der Waals surface area contributed by atoms with Crippen LogP contribution in [0.25, 0.3) is 0 Å². The summed E-state index contributed by atoms with van der Waals surface area (Å²) >= 11 is 0. The zero-order chi connectivity index (χ0) is 17.7. The van der Waals surface area contributed by atoms with E-state index in [1.54, 1.807) is 14.2 Å². The third-order valence-corrected chi connectivity index (χ3v) is 4.48. The Balaban J connectivity index is 2.35. The van der Waals surface area contributed by atoms with Crippen LogP contribution < -0.4 is 9.47 Å². The van der Waals surface area contributed by atoms with Gasteiger partial charge in [0, 0.05) is 43.7 Å². The van der Waals surface area contributed by atoms with Crippen LogP contribution in [-0.2, 0) is 4.79 Å². The highest BCUT2D eigenvalue weighted by atomic mass is 16.5. The summed E-state index contributed by atoms with van der Waals surface area (Å²) in [7, 11) is 5.35. The number of nitrogens with zero attached hydrogens (tertiary/aromatic N) is 2. The average molecular weight is 332 g/mol. The van der Waals surface area contributed by atoms with Crippen LogP contribution in [0.5, 0.6) is 11.5 Å². The second-order valence-electron chi connectivity index (χ2n) is 6.12. The average Bonchev–Trinajstić information content (AvgIpc) is 2.61. The smallest absolute Gasteiger partial charge is 0.250 e. The lowest BCUT2D eigenvalue weighted by Gasteiger charge is -2.31. The molecule has 24 heavy (non-hydrogen) atoms. The third kappa shape index (κ3) is 4.09. The Morgan fingerprint density at radius 3 is 2.25 bits per heavy atom. The van der Waals surface area contributed by atoms with Gasteiger partial charge in [-0.3, -0.25) is 4.79 Å². The Kier molecular flexibility index (Phi) is 6.26. The van der Waals surface area contributed by atoms with Crippen molar-refractivity contribution in [2.24, 2.45) is 0 Å². The van der Waals surface area contributed by atoms with Gasteiger partial charge in [-0.25, -0.2) is 0 Å². The fourth-order valence-corrected chi connectivity index (χ4v) is 3.14. The highest BCUT2D eigenvalue weighted by molar-refractivity contribution is 5.94. The number of methoxy groups -OCH3 is 2. The summed E-state index contributed by atoms with van der Waals surface area (Å²) in [6, 6.07) is 5.90. The van der Waals surface area contributed by atoms with Crippen molar-refractivity contribution in [2.45, 2.75) is 19.8 Å². The highest BCUT2D eigenvalue weighted by Crippen LogP contribution is 2.31. The third-order valence-electron chi connectivity index (χ3n) is 4.48. The SMILES string of the molecule is CCN(CC)C(=O)C1=CC(c2cc(OC)cc(OC)c2)CN(C)C1. The van der Waals surface area contributed by atoms with Crippen LogP contribution in [0.2, 0.25) is 0 Å². The second-order valence-corrected chi connectivity index (χ2v) is 6.12. The van der Waals surface area contributed by atoms with Crippen molar-refractivity contribution in [2.75, 3.05) is 47.4 Å². The minimum Gasteiger partial charge on any atom is -0.497 e. The maximum absolute atomic E-state index is 12.7. The van der Waals surface area contributed by atoms with E-state index in [2.05, 4.69) is 11.0 Å². The number of hydrogen-bond donors (Lipinski definition) is 0. The maximum atomic E-state index is 12.7. The molecule has 0 radical (unpaired) electrons. The summed E-state index contributed by atoms with van der Waals surface area (Å²) in [5, 5.41) is 0. The number of carbonyl (C=O) groups is 1. The van der Waals surface area contributed by atoms with E-state index in [-0.39, 0.29) is 11.8 Å². The molecule has 0 N–H and O–H groups in total. The summed E-state index contributed by atoms with van der Waals surface area (Å²) in [6.45, 7) is 7.04. The van der Waals surface area contributed by atoms with Gasteiger partial charge in [0.1, 0.15) is 11.5 Å². The molecule has 5 nitrogen and oxygen atoms in total. The van der Waals surface area contributed by atoms with Gasteiger partial charge in [0.25, 0.3) is 5.91 Å². The molecule has 1 amide bonds. The van der Waals surface area contributed by atoms with E-state index in [0.29, 0.717) is 6.54 Å². The first-order valence-electron chi connectivity index (χ1n) is 8.43. The fraction of sp³-hybridized carbons (Fsp3) is 0.526. The highest BCUT2D eigenvalue weighted by Gasteiger charge is 2.25. The topological polar surface area (TPSA) is 42.0 Å². The largest absolute Gasteiger partial charge is 0.497 e. The molecule has 0 bridgehead atoms. The minimum atomic E-state index is 0.131. The molecule has 1 aromatic rings. The summed E-state index contributed by atoms with van der Waals surface area (Å²) < 4.78 is 10.7. The first kappa shape index (κ1) is 18.3. The predicted molar refractivity (Wildman–Crippen MR) is 95.8 cm³/mol. The first-order chi connectivity index (χ1) is 11.5. The fourth-order valence-electron chi connectivity index (χ4n) is 3.14. The van der Waals surface area contributed by atoms with Crippen LogP contribution in [0.15, 0.2) is 29.8 Å². The summed E-state index contributed by atoms with van der Waals surface area (Å²) in [6.07, 6.45) is 2.11. The number of benzene rings is 1. The molecule has 2 rings (SSSR count). The Bertz CT molecular complexity index is 586. The molecule has 0 saturated heterocycles. The second kappa shape index (κ2) is 8.20. The molecule has 132 valence electrons. The van der Waals surface area contributed by atoms with Crippen molar-refractivity contribution in [1.29, 1.82) is 0 Å². The van der Waals surface area contributed by atoms with Gasteiger partial charge in [-0.05, 0) is 38.6 Å². The lowest BCUT2D eigenvalue weighted by Crippen LogP contribution is -2.39. The predicted octanol–water partition coefficient (Wildman–Crippen LogP) is 2.53. The Morgan fingerprint density at radius 2 is 1.75 bits per heavy atom. The van der Waals surface area contributed by atoms with E-state index in [1.807, 2.05) is 44.0 Å². The van der Waals surface area contributed by atoms with Crippen LogP contribution in [0.4, 0.5) is 0 Å². The van der Waals surface area contributed by atoms with Crippen molar-refractivity contribution >= 4 is 5.91 Å². The van der Waals surface area contributed by atoms with Crippen molar-refractivity contribution in [3.8, 4) is 11.5 Å². The molecule has 1 atom stereocenters. The van der Waals surface area contributed by atoms with Gasteiger partial charge in [-0.1, -0.05) is 6.08 Å². The van der Waals surface area contributed by atoms with Crippen LogP contribution in [0, 0.1) is 0 Å². The Labute approximate surface area is 144 Å². The van der Waals surface area contributed by atoms with E-state index in [9.17, 15) is 4.79 Å². The van der Waals surface area contributed by atoms with Crippen molar-refractivity contribution in [3.63, 3.8) is 0 Å². The lowest BCUT2D eigenvalue weighted by atomic mass is 9.92. The van der Waals surface area contributed by atoms with Gasteiger partial charge in [-0.2, -0.15) is 0 Å². The molecule has 1 aliphatic heterocycles. The molecule has 0 aromatic heterocycles. The number of amides is 1. The van der Waals surface area contributed by atoms with Crippen molar-refractivity contribution < 1.29 is 14.3 Å². The number of ether oxygens (including phenoxy) is 2. The van der Waals surface area contributed by atoms with Gasteiger partial charge in [0.05, 0.1) is 14.2 Å². The van der Waals surface area contributed by atoms with Gasteiger partial charge in [0.2, 0.25) is 0 Å². The quantitative estimate of drug-likeness (QED) is 0.803. The van der Waals surface area contributed by atoms with Crippen LogP contribution in [0.1, 0.15) is 25.3 Å². The summed E-state index contributed by atoms with van der Waals surface area (Å²) in [5.41, 5.74) is 1.96. The maximum Gasteiger partial charge on any atom is 0.250 e. The van der Waals surface area contributed by atoms with Crippen molar-refractivity contribution in [3.05, 3.63) is 35.4 Å². The van der Waals surface area contributed by atoms with Gasteiger partial charge < -0.3 is 19.3 Å². The van der Waals surface area contributed by atoms with Gasteiger partial charge in [0.15, 0.2) is 0 Å². The lowest BCUT2D eigenvalue weighted by molar-refractivity contribution is -0.127. The zero-order valence-corrected chi connectivity index (χ0v) is 15.3. The zero-order valence-electron chi connectivity index (χ0n) is 15.3. The van der Waals surface area contributed by atoms with E-state index >= 15 is 0 Å². The molecular formula is C19H28N2O3. The van der Waals surface area contributed by atoms with E-state index < -0.39 is 0 Å². The standard InChI is InChI=1S/C19H28N2O3/c1-6-21(7-2)19(22)16-8-15(12-20(3)13-16)14-9-17(23-4)11-18(10-14)24-5/h8-11,15H,6-7,12-13H2,1-5H3. The van der Waals surface area contributed by atoms with Gasteiger partial charge in [-0.15, -0.1) is 0 Å². The van der Waals surface area contributed by atoms with E-state index in [0.717, 1.165) is 42.3 Å². The molecule has 0 aliphatic carbocycles. The molecule has 0 saturated carbocycles. The monoisotopic (exact) mass is 332 g/mol. The van der Waals surface area contributed by atoms with Crippen LogP contribution >= 0.6 is 0 Å². The Morgan fingerprint density at radius 1 is 1.17 bits per heavy atom. The number of likely N-dealkylation sites (N-methyl/N-ethyl adjacent to an activating group) is 2. The number of carbonyl (C=O) groups excluding carboxylic acids is 1. The minimum absolute atomic E-state index is 0.131. The molecule has 0 fully saturated rings.